The molecule has 2 aromatic heterocycles. The summed E-state index contributed by atoms with van der Waals surface area (Å²) in [6.07, 6.45) is 6.09. The Bertz CT molecular complexity index is 678. The number of hydrogen-bond acceptors (Lipinski definition) is 2. The first-order valence-corrected chi connectivity index (χ1v) is 6.12. The summed E-state index contributed by atoms with van der Waals surface area (Å²) in [5.41, 5.74) is 9.01. The van der Waals surface area contributed by atoms with Crippen LogP contribution in [0.3, 0.4) is 0 Å². The molecular formula is C14H16N4. The predicted molar refractivity (Wildman–Crippen MR) is 73.4 cm³/mol. The lowest BCUT2D eigenvalue weighted by atomic mass is 10.2. The van der Waals surface area contributed by atoms with Gasteiger partial charge in [-0.25, -0.2) is 0 Å². The average molecular weight is 240 g/mol. The zero-order valence-corrected chi connectivity index (χ0v) is 10.4. The van der Waals surface area contributed by atoms with Crippen molar-refractivity contribution in [2.75, 3.05) is 5.73 Å². The largest absolute Gasteiger partial charge is 0.399 e. The molecule has 0 fully saturated rings. The van der Waals surface area contributed by atoms with E-state index in [1.54, 1.807) is 0 Å². The van der Waals surface area contributed by atoms with Gasteiger partial charge < -0.3 is 10.3 Å². The van der Waals surface area contributed by atoms with E-state index in [1.165, 1.54) is 16.5 Å². The van der Waals surface area contributed by atoms with Crippen LogP contribution in [0, 0.1) is 0 Å². The second-order valence-electron chi connectivity index (χ2n) is 4.47. The Labute approximate surface area is 106 Å². The molecule has 0 unspecified atom stereocenters. The van der Waals surface area contributed by atoms with Crippen molar-refractivity contribution in [3.63, 3.8) is 0 Å². The van der Waals surface area contributed by atoms with E-state index in [-0.39, 0.29) is 0 Å². The number of benzene rings is 1. The Hall–Kier alpha value is -2.23. The minimum absolute atomic E-state index is 0.798. The van der Waals surface area contributed by atoms with Crippen LogP contribution < -0.4 is 5.73 Å². The highest BCUT2D eigenvalue weighted by atomic mass is 15.3. The number of anilines is 1. The van der Waals surface area contributed by atoms with E-state index in [1.807, 2.05) is 23.0 Å². The van der Waals surface area contributed by atoms with Crippen LogP contribution in [0.5, 0.6) is 0 Å². The molecular weight excluding hydrogens is 224 g/mol. The van der Waals surface area contributed by atoms with Gasteiger partial charge in [0.25, 0.3) is 0 Å². The van der Waals surface area contributed by atoms with Gasteiger partial charge in [0.05, 0.1) is 18.3 Å². The highest BCUT2D eigenvalue weighted by Gasteiger charge is 2.03. The summed E-state index contributed by atoms with van der Waals surface area (Å²) in [4.78, 5) is 0. The van der Waals surface area contributed by atoms with Crippen molar-refractivity contribution in [2.45, 2.75) is 20.0 Å². The van der Waals surface area contributed by atoms with Crippen molar-refractivity contribution in [2.24, 2.45) is 0 Å². The molecule has 1 aromatic carbocycles. The van der Waals surface area contributed by atoms with Gasteiger partial charge >= 0.3 is 0 Å². The van der Waals surface area contributed by atoms with Crippen LogP contribution in [0.1, 0.15) is 12.5 Å². The molecule has 18 heavy (non-hydrogen) atoms. The maximum absolute atomic E-state index is 5.84. The molecule has 3 aromatic rings. The Morgan fingerprint density at radius 1 is 1.28 bits per heavy atom. The van der Waals surface area contributed by atoms with E-state index in [2.05, 4.69) is 41.1 Å². The first-order valence-electron chi connectivity index (χ1n) is 6.12. The highest BCUT2D eigenvalue weighted by Crippen LogP contribution is 2.19. The van der Waals surface area contributed by atoms with Crippen LogP contribution in [0.4, 0.5) is 5.69 Å². The van der Waals surface area contributed by atoms with Crippen LogP contribution in [0.25, 0.3) is 10.9 Å². The summed E-state index contributed by atoms with van der Waals surface area (Å²) in [6.45, 7) is 3.81. The lowest BCUT2D eigenvalue weighted by molar-refractivity contribution is 0.658. The molecule has 0 aliphatic heterocycles. The molecule has 0 aliphatic carbocycles. The lowest BCUT2D eigenvalue weighted by Crippen LogP contribution is -1.97. The van der Waals surface area contributed by atoms with E-state index in [4.69, 9.17) is 5.73 Å². The van der Waals surface area contributed by atoms with Crippen LogP contribution >= 0.6 is 0 Å². The van der Waals surface area contributed by atoms with Crippen molar-refractivity contribution in [1.29, 1.82) is 0 Å². The van der Waals surface area contributed by atoms with Crippen molar-refractivity contribution in [1.82, 2.24) is 14.3 Å². The third-order valence-electron chi connectivity index (χ3n) is 3.16. The molecule has 0 bridgehead atoms. The minimum Gasteiger partial charge on any atom is -0.399 e. The Balaban J connectivity index is 1.96. The summed E-state index contributed by atoms with van der Waals surface area (Å²) >= 11 is 0. The molecule has 0 radical (unpaired) electrons. The van der Waals surface area contributed by atoms with Crippen molar-refractivity contribution in [3.8, 4) is 0 Å². The van der Waals surface area contributed by atoms with Gasteiger partial charge in [0.1, 0.15) is 0 Å². The van der Waals surface area contributed by atoms with Crippen LogP contribution in [-0.2, 0) is 13.1 Å². The van der Waals surface area contributed by atoms with E-state index in [0.717, 1.165) is 18.8 Å². The quantitative estimate of drug-likeness (QED) is 0.715. The third-order valence-corrected chi connectivity index (χ3v) is 3.16. The van der Waals surface area contributed by atoms with E-state index >= 15 is 0 Å². The number of rotatable bonds is 3. The van der Waals surface area contributed by atoms with Gasteiger partial charge in [0.15, 0.2) is 0 Å². The molecule has 0 atom stereocenters. The molecule has 0 spiro atoms. The second kappa shape index (κ2) is 4.22. The summed E-state index contributed by atoms with van der Waals surface area (Å²) in [7, 11) is 0. The molecule has 0 aliphatic rings. The summed E-state index contributed by atoms with van der Waals surface area (Å²) in [5.74, 6) is 0. The fraction of sp³-hybridized carbons (Fsp3) is 0.214. The van der Waals surface area contributed by atoms with E-state index < -0.39 is 0 Å². The van der Waals surface area contributed by atoms with E-state index in [0.29, 0.717) is 0 Å². The fourth-order valence-electron chi connectivity index (χ4n) is 2.20. The summed E-state index contributed by atoms with van der Waals surface area (Å²) in [5, 5.41) is 5.51. The molecule has 0 saturated heterocycles. The molecule has 4 nitrogen and oxygen atoms in total. The Kier molecular flexibility index (Phi) is 2.55. The first kappa shape index (κ1) is 10.9. The number of aryl methyl sites for hydroxylation is 1. The first-order chi connectivity index (χ1) is 8.76. The van der Waals surface area contributed by atoms with Gasteiger partial charge in [-0.05, 0) is 30.5 Å². The number of aromatic nitrogens is 3. The number of fused-ring (bicyclic) bond motifs is 1. The molecule has 0 saturated carbocycles. The van der Waals surface area contributed by atoms with Crippen molar-refractivity contribution >= 4 is 16.6 Å². The molecule has 4 heteroatoms. The van der Waals surface area contributed by atoms with Gasteiger partial charge in [0.2, 0.25) is 0 Å². The van der Waals surface area contributed by atoms with Crippen LogP contribution in [0.2, 0.25) is 0 Å². The lowest BCUT2D eigenvalue weighted by Gasteiger charge is -2.04. The molecule has 2 heterocycles. The summed E-state index contributed by atoms with van der Waals surface area (Å²) < 4.78 is 4.14. The van der Waals surface area contributed by atoms with E-state index in [9.17, 15) is 0 Å². The maximum Gasteiger partial charge on any atom is 0.0539 e. The van der Waals surface area contributed by atoms with Gasteiger partial charge in [-0.2, -0.15) is 5.10 Å². The topological polar surface area (TPSA) is 48.8 Å². The number of nitrogens with two attached hydrogens (primary N) is 1. The van der Waals surface area contributed by atoms with Crippen molar-refractivity contribution in [3.05, 3.63) is 48.4 Å². The smallest absolute Gasteiger partial charge is 0.0539 e. The molecule has 0 amide bonds. The number of hydrogen-bond donors (Lipinski definition) is 1. The van der Waals surface area contributed by atoms with Crippen molar-refractivity contribution < 1.29 is 0 Å². The second-order valence-corrected chi connectivity index (χ2v) is 4.47. The fourth-order valence-corrected chi connectivity index (χ4v) is 2.20. The minimum atomic E-state index is 0.798. The normalized spacial score (nSPS) is 11.2. The predicted octanol–water partition coefficient (Wildman–Crippen LogP) is 2.49. The van der Waals surface area contributed by atoms with Crippen LogP contribution in [-0.4, -0.2) is 14.3 Å². The zero-order valence-electron chi connectivity index (χ0n) is 10.4. The standard InChI is InChI=1S/C14H16N4/c1-2-18-10-11(8-16-18)9-17-6-5-12-3-4-13(15)7-14(12)17/h3-8,10H,2,9,15H2,1H3. The van der Waals surface area contributed by atoms with Gasteiger partial charge in [-0.15, -0.1) is 0 Å². The monoisotopic (exact) mass is 240 g/mol. The number of nitrogen functional groups attached to an aromatic ring is 1. The van der Waals surface area contributed by atoms with Gasteiger partial charge in [-0.1, -0.05) is 6.07 Å². The molecule has 2 N–H and O–H groups in total. The third kappa shape index (κ3) is 1.86. The highest BCUT2D eigenvalue weighted by molar-refractivity contribution is 5.83. The SMILES string of the molecule is CCn1cc(Cn2ccc3ccc(N)cc32)cn1. The molecule has 92 valence electrons. The maximum atomic E-state index is 5.84. The number of nitrogens with zero attached hydrogens (tertiary/aromatic N) is 3. The van der Waals surface area contributed by atoms with Crippen LogP contribution in [0.15, 0.2) is 42.9 Å². The van der Waals surface area contributed by atoms with Gasteiger partial charge in [0, 0.05) is 30.2 Å². The van der Waals surface area contributed by atoms with Gasteiger partial charge in [-0.3, -0.25) is 4.68 Å². The zero-order chi connectivity index (χ0) is 12.5. The summed E-state index contributed by atoms with van der Waals surface area (Å²) in [6, 6.07) is 8.11. The average Bonchev–Trinajstić information content (AvgIpc) is 2.97. The molecule has 3 rings (SSSR count). The Morgan fingerprint density at radius 2 is 2.17 bits per heavy atom. The Morgan fingerprint density at radius 3 is 2.94 bits per heavy atom.